The lowest BCUT2D eigenvalue weighted by Crippen LogP contribution is -2.20. The molecule has 1 amide bonds. The van der Waals surface area contributed by atoms with Crippen LogP contribution in [0.1, 0.15) is 30.4 Å². The van der Waals surface area contributed by atoms with Gasteiger partial charge in [0.15, 0.2) is 0 Å². The van der Waals surface area contributed by atoms with E-state index in [-0.39, 0.29) is 10.8 Å². The van der Waals surface area contributed by atoms with Gasteiger partial charge >= 0.3 is 0 Å². The molecule has 1 aliphatic rings. The summed E-state index contributed by atoms with van der Waals surface area (Å²) in [5, 5.41) is 19.5. The van der Waals surface area contributed by atoms with E-state index in [4.69, 9.17) is 21.6 Å². The molecule has 1 unspecified atom stereocenters. The van der Waals surface area contributed by atoms with Crippen LogP contribution in [0.25, 0.3) is 11.3 Å². The molecule has 0 saturated carbocycles. The highest BCUT2D eigenvalue weighted by molar-refractivity contribution is 7.89. The van der Waals surface area contributed by atoms with Crippen molar-refractivity contribution < 1.29 is 23.3 Å². The molecule has 1 heterocycles. The zero-order valence-corrected chi connectivity index (χ0v) is 17.8. The summed E-state index contributed by atoms with van der Waals surface area (Å²) in [7, 11) is -2.26. The zero-order chi connectivity index (χ0) is 21.9. The van der Waals surface area contributed by atoms with Crippen LogP contribution in [0.4, 0.5) is 0 Å². The molecule has 10 heteroatoms. The summed E-state index contributed by atoms with van der Waals surface area (Å²) in [6, 6.07) is 12.9. The van der Waals surface area contributed by atoms with Gasteiger partial charge in [-0.05, 0) is 42.7 Å². The van der Waals surface area contributed by atoms with Crippen molar-refractivity contribution in [1.29, 1.82) is 0 Å². The van der Waals surface area contributed by atoms with Crippen LogP contribution in [0.15, 0.2) is 53.4 Å². The van der Waals surface area contributed by atoms with E-state index in [0.717, 1.165) is 0 Å². The van der Waals surface area contributed by atoms with Gasteiger partial charge in [-0.25, -0.2) is 18.4 Å². The van der Waals surface area contributed by atoms with Crippen LogP contribution in [0.5, 0.6) is 0 Å². The van der Waals surface area contributed by atoms with Gasteiger partial charge in [-0.2, -0.15) is 0 Å². The van der Waals surface area contributed by atoms with Crippen LogP contribution < -0.4 is 10.5 Å². The number of hydrogen-bond donors (Lipinski definition) is 3. The minimum Gasteiger partial charge on any atom is -0.359 e. The fourth-order valence-corrected chi connectivity index (χ4v) is 3.91. The molecule has 0 saturated heterocycles. The summed E-state index contributed by atoms with van der Waals surface area (Å²) < 4.78 is 23.2. The van der Waals surface area contributed by atoms with Gasteiger partial charge in [0.1, 0.15) is 11.8 Å². The first kappa shape index (κ1) is 22.3. The van der Waals surface area contributed by atoms with Crippen LogP contribution in [-0.4, -0.2) is 37.9 Å². The minimum absolute atomic E-state index is 0.0178. The number of carbonyl (C=O) groups is 1. The number of nitrogens with two attached hydrogens (primary N) is 1. The molecule has 0 bridgehead atoms. The van der Waals surface area contributed by atoms with Crippen LogP contribution in [0, 0.1) is 0 Å². The molecule has 3 rings (SSSR count). The van der Waals surface area contributed by atoms with Gasteiger partial charge in [-0.3, -0.25) is 10.0 Å². The number of halogens is 1. The Bertz CT molecular complexity index is 1050. The maximum Gasteiger partial charge on any atom is 0.238 e. The van der Waals surface area contributed by atoms with Crippen molar-refractivity contribution in [2.75, 3.05) is 7.05 Å². The highest BCUT2D eigenvalue weighted by Crippen LogP contribution is 2.40. The highest BCUT2D eigenvalue weighted by atomic mass is 35.5. The molecule has 0 aliphatic carbocycles. The van der Waals surface area contributed by atoms with Gasteiger partial charge in [-0.15, -0.1) is 5.23 Å². The van der Waals surface area contributed by atoms with Crippen molar-refractivity contribution in [2.24, 2.45) is 5.14 Å². The maximum atomic E-state index is 11.6. The number of sulfonamides is 1. The van der Waals surface area contributed by atoms with Gasteiger partial charge in [-0.1, -0.05) is 35.9 Å². The third kappa shape index (κ3) is 5.00. The van der Waals surface area contributed by atoms with Crippen molar-refractivity contribution in [2.45, 2.75) is 30.3 Å². The van der Waals surface area contributed by atoms with E-state index in [2.05, 4.69) is 5.32 Å². The molecule has 0 spiro atoms. The predicted octanol–water partition coefficient (Wildman–Crippen LogP) is 2.78. The van der Waals surface area contributed by atoms with Crippen LogP contribution >= 0.6 is 11.6 Å². The molecule has 8 nitrogen and oxygen atoms in total. The maximum absolute atomic E-state index is 11.6. The molecule has 2 aromatic rings. The van der Waals surface area contributed by atoms with Gasteiger partial charge in [0.2, 0.25) is 15.9 Å². The first-order chi connectivity index (χ1) is 14.2. The average Bonchev–Trinajstić information content (AvgIpc) is 3.04. The number of nitrogens with one attached hydrogen (secondary N) is 1. The fourth-order valence-electron chi connectivity index (χ4n) is 3.27. The number of nitrogens with zero attached hydrogens (tertiary/aromatic N) is 1. The Kier molecular flexibility index (Phi) is 6.79. The lowest BCUT2D eigenvalue weighted by atomic mass is 9.93. The van der Waals surface area contributed by atoms with Gasteiger partial charge in [0.25, 0.3) is 0 Å². The van der Waals surface area contributed by atoms with Crippen molar-refractivity contribution in [1.82, 2.24) is 10.5 Å². The molecule has 2 aromatic carbocycles. The summed E-state index contributed by atoms with van der Waals surface area (Å²) in [5.74, 6) is -0.0881. The minimum atomic E-state index is -3.83. The fraction of sp³-hybridized carbons (Fsp3) is 0.250. The quantitative estimate of drug-likeness (QED) is 0.595. The molecule has 0 radical (unpaired) electrons. The second-order valence-corrected chi connectivity index (χ2v) is 8.77. The van der Waals surface area contributed by atoms with Crippen LogP contribution in [0.3, 0.4) is 0 Å². The number of carbonyl (C=O) groups excluding carboxylic acids is 1. The highest BCUT2D eigenvalue weighted by Gasteiger charge is 2.34. The molecular formula is C20H22ClN3O5S. The monoisotopic (exact) mass is 451 g/mol. The van der Waals surface area contributed by atoms with Crippen LogP contribution in [0.2, 0.25) is 5.02 Å². The Labute approximate surface area is 179 Å². The molecule has 0 fully saturated rings. The van der Waals surface area contributed by atoms with Crippen molar-refractivity contribution in [3.8, 4) is 0 Å². The predicted molar refractivity (Wildman–Crippen MR) is 112 cm³/mol. The molecular weight excluding hydrogens is 430 g/mol. The van der Waals surface area contributed by atoms with E-state index in [1.807, 2.05) is 0 Å². The van der Waals surface area contributed by atoms with Crippen LogP contribution in [-0.2, 0) is 19.7 Å². The molecule has 1 aliphatic heterocycles. The van der Waals surface area contributed by atoms with Gasteiger partial charge < -0.3 is 5.32 Å². The van der Waals surface area contributed by atoms with Crippen molar-refractivity contribution in [3.63, 3.8) is 0 Å². The Morgan fingerprint density at radius 3 is 2.33 bits per heavy atom. The lowest BCUT2D eigenvalue weighted by molar-refractivity contribution is -0.297. The van der Waals surface area contributed by atoms with E-state index in [1.165, 1.54) is 12.1 Å². The second-order valence-electron chi connectivity index (χ2n) is 6.77. The van der Waals surface area contributed by atoms with Gasteiger partial charge in [0, 0.05) is 29.6 Å². The SMILES string of the molecule is CNC(=O)CCCC1ON(O)C(c2ccc(Cl)cc2)=C1c1ccc(S(N)(=O)=O)cc1. The number of primary sulfonamides is 1. The summed E-state index contributed by atoms with van der Waals surface area (Å²) in [4.78, 5) is 17.2. The number of benzene rings is 2. The zero-order valence-electron chi connectivity index (χ0n) is 16.2. The third-order valence-corrected chi connectivity index (χ3v) is 5.94. The molecule has 1 atom stereocenters. The smallest absolute Gasteiger partial charge is 0.238 e. The van der Waals surface area contributed by atoms with E-state index >= 15 is 0 Å². The third-order valence-electron chi connectivity index (χ3n) is 4.76. The Balaban J connectivity index is 2.02. The lowest BCUT2D eigenvalue weighted by Gasteiger charge is -2.14. The Morgan fingerprint density at radius 1 is 1.17 bits per heavy atom. The van der Waals surface area contributed by atoms with Gasteiger partial charge in [0.05, 0.1) is 4.90 Å². The van der Waals surface area contributed by atoms with E-state index in [1.54, 1.807) is 43.4 Å². The van der Waals surface area contributed by atoms with E-state index < -0.39 is 16.1 Å². The summed E-state index contributed by atoms with van der Waals surface area (Å²) in [6.07, 6.45) is 0.777. The van der Waals surface area contributed by atoms with E-state index in [9.17, 15) is 18.4 Å². The molecule has 4 N–H and O–H groups in total. The second kappa shape index (κ2) is 9.15. The Hall–Kier alpha value is -2.43. The standard InChI is InChI=1S/C20H22ClN3O5S/c1-23-18(25)4-2-3-17-19(13-7-11-16(12-8-13)30(22,27)28)20(24(26)29-17)14-5-9-15(21)10-6-14/h5-12,17,26H,2-4H2,1H3,(H,23,25)(H2,22,27,28). The molecule has 160 valence electrons. The average molecular weight is 452 g/mol. The number of hydroxylamine groups is 2. The summed E-state index contributed by atoms with van der Waals surface area (Å²) >= 11 is 5.98. The summed E-state index contributed by atoms with van der Waals surface area (Å²) in [6.45, 7) is 0. The topological polar surface area (TPSA) is 122 Å². The molecule has 30 heavy (non-hydrogen) atoms. The van der Waals surface area contributed by atoms with Crippen molar-refractivity contribution in [3.05, 3.63) is 64.7 Å². The molecule has 0 aromatic heterocycles. The summed E-state index contributed by atoms with van der Waals surface area (Å²) in [5.41, 5.74) is 2.41. The number of hydrogen-bond acceptors (Lipinski definition) is 6. The first-order valence-electron chi connectivity index (χ1n) is 9.20. The first-order valence-corrected chi connectivity index (χ1v) is 11.1. The normalized spacial score (nSPS) is 16.8. The van der Waals surface area contributed by atoms with Crippen molar-refractivity contribution >= 4 is 38.8 Å². The van der Waals surface area contributed by atoms with E-state index in [0.29, 0.717) is 51.9 Å². The Morgan fingerprint density at radius 2 is 1.77 bits per heavy atom. The largest absolute Gasteiger partial charge is 0.359 e. The number of amides is 1. The number of rotatable bonds is 7.